The van der Waals surface area contributed by atoms with Crippen LogP contribution < -0.4 is 0 Å². The molecule has 0 spiro atoms. The van der Waals surface area contributed by atoms with Crippen LogP contribution in [0.5, 0.6) is 0 Å². The maximum Gasteiger partial charge on any atom is 0.257 e. The number of carbonyl (C=O) groups excluding carboxylic acids is 1. The van der Waals surface area contributed by atoms with Crippen molar-refractivity contribution in [2.24, 2.45) is 11.8 Å². The van der Waals surface area contributed by atoms with E-state index in [0.717, 1.165) is 38.4 Å². The maximum absolute atomic E-state index is 12.6. The second-order valence-electron chi connectivity index (χ2n) is 6.64. The van der Waals surface area contributed by atoms with E-state index in [2.05, 4.69) is 16.0 Å². The molecule has 23 heavy (non-hydrogen) atoms. The Morgan fingerprint density at radius 2 is 2.00 bits per heavy atom. The first-order valence-electron chi connectivity index (χ1n) is 8.16. The highest BCUT2D eigenvalue weighted by Gasteiger charge is 2.41. The molecule has 0 aromatic carbocycles. The Bertz CT molecular complexity index is 683. The summed E-state index contributed by atoms with van der Waals surface area (Å²) in [5.41, 5.74) is 1.82. The zero-order valence-electron chi connectivity index (χ0n) is 13.3. The SMILES string of the molecule is Cc1occc1C(=O)N1C[C@@H]2CN(Cc3ccccn3)C[C@H]2C1. The van der Waals surface area contributed by atoms with Gasteiger partial charge in [0.1, 0.15) is 5.76 Å². The molecule has 4 heterocycles. The highest BCUT2D eigenvalue weighted by Crippen LogP contribution is 2.32. The van der Waals surface area contributed by atoms with E-state index in [-0.39, 0.29) is 5.91 Å². The maximum atomic E-state index is 12.6. The van der Waals surface area contributed by atoms with Crippen molar-refractivity contribution in [2.75, 3.05) is 26.2 Å². The summed E-state index contributed by atoms with van der Waals surface area (Å²) in [6.45, 7) is 6.56. The van der Waals surface area contributed by atoms with Gasteiger partial charge in [0.05, 0.1) is 17.5 Å². The number of pyridine rings is 1. The quantitative estimate of drug-likeness (QED) is 0.872. The second kappa shape index (κ2) is 5.81. The number of hydrogen-bond acceptors (Lipinski definition) is 4. The van der Waals surface area contributed by atoms with Crippen molar-refractivity contribution >= 4 is 5.91 Å². The number of likely N-dealkylation sites (tertiary alicyclic amines) is 2. The Morgan fingerprint density at radius 1 is 1.22 bits per heavy atom. The fourth-order valence-corrected chi connectivity index (χ4v) is 3.88. The molecule has 120 valence electrons. The highest BCUT2D eigenvalue weighted by atomic mass is 16.3. The van der Waals surface area contributed by atoms with E-state index in [1.807, 2.05) is 30.2 Å². The van der Waals surface area contributed by atoms with Gasteiger partial charge in [0.15, 0.2) is 0 Å². The monoisotopic (exact) mass is 311 g/mol. The number of aryl methyl sites for hydroxylation is 1. The molecule has 2 atom stereocenters. The van der Waals surface area contributed by atoms with Crippen molar-refractivity contribution in [3.8, 4) is 0 Å². The van der Waals surface area contributed by atoms with Gasteiger partial charge in [-0.05, 0) is 37.0 Å². The number of amides is 1. The molecule has 2 saturated heterocycles. The van der Waals surface area contributed by atoms with Gasteiger partial charge in [-0.25, -0.2) is 0 Å². The Labute approximate surface area is 135 Å². The van der Waals surface area contributed by atoms with Crippen LogP contribution in [0.15, 0.2) is 41.1 Å². The van der Waals surface area contributed by atoms with Crippen molar-refractivity contribution in [1.29, 1.82) is 0 Å². The largest absolute Gasteiger partial charge is 0.469 e. The molecule has 1 amide bonds. The standard InChI is InChI=1S/C18H21N3O2/c1-13-17(5-7-23-13)18(22)21-10-14-8-20(9-15(14)11-21)12-16-4-2-3-6-19-16/h2-7,14-15H,8-12H2,1H3/t14-,15-/m0/s1. The van der Waals surface area contributed by atoms with Gasteiger partial charge in [-0.2, -0.15) is 0 Å². The first-order valence-corrected chi connectivity index (χ1v) is 8.16. The molecule has 2 aliphatic heterocycles. The summed E-state index contributed by atoms with van der Waals surface area (Å²) in [4.78, 5) is 21.4. The molecule has 5 nitrogen and oxygen atoms in total. The van der Waals surface area contributed by atoms with Crippen molar-refractivity contribution < 1.29 is 9.21 Å². The lowest BCUT2D eigenvalue weighted by Gasteiger charge is -2.21. The van der Waals surface area contributed by atoms with Crippen LogP contribution in [0.2, 0.25) is 0 Å². The second-order valence-corrected chi connectivity index (χ2v) is 6.64. The Morgan fingerprint density at radius 3 is 2.61 bits per heavy atom. The molecule has 5 heteroatoms. The zero-order valence-corrected chi connectivity index (χ0v) is 13.3. The normalized spacial score (nSPS) is 24.1. The fraction of sp³-hybridized carbons (Fsp3) is 0.444. The molecule has 2 fully saturated rings. The van der Waals surface area contributed by atoms with Gasteiger partial charge in [0.2, 0.25) is 0 Å². The summed E-state index contributed by atoms with van der Waals surface area (Å²) < 4.78 is 5.26. The molecule has 2 aliphatic rings. The van der Waals surface area contributed by atoms with E-state index in [1.54, 1.807) is 12.3 Å². The number of rotatable bonds is 3. The number of nitrogens with zero attached hydrogens (tertiary/aromatic N) is 3. The van der Waals surface area contributed by atoms with Crippen molar-refractivity contribution in [3.05, 3.63) is 53.7 Å². The summed E-state index contributed by atoms with van der Waals surface area (Å²) in [5, 5.41) is 0. The Balaban J connectivity index is 1.37. The van der Waals surface area contributed by atoms with Gasteiger partial charge >= 0.3 is 0 Å². The topological polar surface area (TPSA) is 49.6 Å². The third-order valence-electron chi connectivity index (χ3n) is 5.05. The van der Waals surface area contributed by atoms with Crippen LogP contribution in [0.1, 0.15) is 21.8 Å². The lowest BCUT2D eigenvalue weighted by atomic mass is 10.0. The lowest BCUT2D eigenvalue weighted by Crippen LogP contribution is -2.33. The predicted octanol–water partition coefficient (Wildman–Crippen LogP) is 2.19. The highest BCUT2D eigenvalue weighted by molar-refractivity contribution is 5.95. The number of furan rings is 1. The third kappa shape index (κ3) is 2.77. The first kappa shape index (κ1) is 14.5. The minimum atomic E-state index is 0.113. The number of hydrogen-bond donors (Lipinski definition) is 0. The summed E-state index contributed by atoms with van der Waals surface area (Å²) in [6, 6.07) is 7.83. The zero-order chi connectivity index (χ0) is 15.8. The van der Waals surface area contributed by atoms with Crippen LogP contribution in [0.25, 0.3) is 0 Å². The van der Waals surface area contributed by atoms with E-state index in [9.17, 15) is 4.79 Å². The molecule has 2 aromatic heterocycles. The molecular formula is C18H21N3O2. The summed E-state index contributed by atoms with van der Waals surface area (Å²) in [6.07, 6.45) is 3.44. The first-order chi connectivity index (χ1) is 11.2. The van der Waals surface area contributed by atoms with E-state index in [4.69, 9.17) is 4.42 Å². The molecular weight excluding hydrogens is 290 g/mol. The van der Waals surface area contributed by atoms with Gasteiger partial charge in [-0.3, -0.25) is 14.7 Å². The van der Waals surface area contributed by atoms with Gasteiger partial charge in [-0.1, -0.05) is 6.07 Å². The summed E-state index contributed by atoms with van der Waals surface area (Å²) in [7, 11) is 0. The average Bonchev–Trinajstić information content (AvgIpc) is 3.22. The lowest BCUT2D eigenvalue weighted by molar-refractivity contribution is 0.0771. The minimum absolute atomic E-state index is 0.113. The smallest absolute Gasteiger partial charge is 0.257 e. The molecule has 0 unspecified atom stereocenters. The Kier molecular flexibility index (Phi) is 3.65. The van der Waals surface area contributed by atoms with E-state index < -0.39 is 0 Å². The fourth-order valence-electron chi connectivity index (χ4n) is 3.88. The van der Waals surface area contributed by atoms with E-state index in [0.29, 0.717) is 23.2 Å². The third-order valence-corrected chi connectivity index (χ3v) is 5.05. The van der Waals surface area contributed by atoms with E-state index >= 15 is 0 Å². The van der Waals surface area contributed by atoms with Crippen LogP contribution in [0.3, 0.4) is 0 Å². The summed E-state index contributed by atoms with van der Waals surface area (Å²) >= 11 is 0. The molecule has 0 aliphatic carbocycles. The Hall–Kier alpha value is -2.14. The number of fused-ring (bicyclic) bond motifs is 1. The molecule has 0 radical (unpaired) electrons. The van der Waals surface area contributed by atoms with Gasteiger partial charge in [0.25, 0.3) is 5.91 Å². The molecule has 0 saturated carbocycles. The minimum Gasteiger partial charge on any atom is -0.469 e. The van der Waals surface area contributed by atoms with Crippen LogP contribution in [-0.2, 0) is 6.54 Å². The van der Waals surface area contributed by atoms with Gasteiger partial charge < -0.3 is 9.32 Å². The van der Waals surface area contributed by atoms with Crippen LogP contribution in [-0.4, -0.2) is 46.9 Å². The number of aromatic nitrogens is 1. The van der Waals surface area contributed by atoms with Crippen LogP contribution in [0, 0.1) is 18.8 Å². The average molecular weight is 311 g/mol. The van der Waals surface area contributed by atoms with Crippen molar-refractivity contribution in [1.82, 2.24) is 14.8 Å². The molecule has 0 bridgehead atoms. The van der Waals surface area contributed by atoms with Crippen molar-refractivity contribution in [3.63, 3.8) is 0 Å². The predicted molar refractivity (Wildman–Crippen MR) is 85.8 cm³/mol. The summed E-state index contributed by atoms with van der Waals surface area (Å²) in [5.74, 6) is 1.98. The van der Waals surface area contributed by atoms with Crippen LogP contribution >= 0.6 is 0 Å². The molecule has 2 aromatic rings. The molecule has 0 N–H and O–H groups in total. The molecule has 4 rings (SSSR count). The van der Waals surface area contributed by atoms with E-state index in [1.165, 1.54) is 0 Å². The van der Waals surface area contributed by atoms with Gasteiger partial charge in [0, 0.05) is 38.9 Å². The van der Waals surface area contributed by atoms with Crippen molar-refractivity contribution in [2.45, 2.75) is 13.5 Å². The van der Waals surface area contributed by atoms with Gasteiger partial charge in [-0.15, -0.1) is 0 Å². The van der Waals surface area contributed by atoms with Crippen LogP contribution in [0.4, 0.5) is 0 Å². The number of carbonyl (C=O) groups is 1.